The lowest BCUT2D eigenvalue weighted by molar-refractivity contribution is 0.0357. The lowest BCUT2D eigenvalue weighted by atomic mass is 10.1. The van der Waals surface area contributed by atoms with Crippen molar-refractivity contribution >= 4 is 11.7 Å². The topological polar surface area (TPSA) is 94.5 Å². The fraction of sp³-hybridized carbons (Fsp3) is 0.667. The van der Waals surface area contributed by atoms with Crippen LogP contribution in [0.15, 0.2) is 4.63 Å². The van der Waals surface area contributed by atoms with Gasteiger partial charge in [-0.25, -0.2) is 4.63 Å². The summed E-state index contributed by atoms with van der Waals surface area (Å²) in [7, 11) is 1.73. The van der Waals surface area contributed by atoms with E-state index in [2.05, 4.69) is 14.9 Å². The minimum Gasteiger partial charge on any atom is -0.381 e. The first-order chi connectivity index (χ1) is 7.70. The predicted molar refractivity (Wildman–Crippen MR) is 54.6 cm³/mol. The third-order valence-corrected chi connectivity index (χ3v) is 2.78. The van der Waals surface area contributed by atoms with Crippen molar-refractivity contribution in [3.8, 4) is 0 Å². The maximum absolute atomic E-state index is 12.0. The van der Waals surface area contributed by atoms with E-state index >= 15 is 0 Å². The van der Waals surface area contributed by atoms with Crippen LogP contribution < -0.4 is 5.73 Å². The molecular formula is C9H14N4O3. The van der Waals surface area contributed by atoms with Crippen molar-refractivity contribution in [1.29, 1.82) is 0 Å². The van der Waals surface area contributed by atoms with E-state index in [9.17, 15) is 4.79 Å². The zero-order chi connectivity index (χ0) is 11.5. The van der Waals surface area contributed by atoms with Gasteiger partial charge in [0.15, 0.2) is 0 Å². The highest BCUT2D eigenvalue weighted by Crippen LogP contribution is 2.16. The monoisotopic (exact) mass is 226 g/mol. The number of carbonyl (C=O) groups excluding carboxylic acids is 1. The van der Waals surface area contributed by atoms with Crippen molar-refractivity contribution in [2.75, 3.05) is 26.0 Å². The highest BCUT2D eigenvalue weighted by molar-refractivity contribution is 5.96. The Kier molecular flexibility index (Phi) is 3.04. The van der Waals surface area contributed by atoms with Gasteiger partial charge in [-0.2, -0.15) is 0 Å². The van der Waals surface area contributed by atoms with E-state index in [4.69, 9.17) is 10.5 Å². The zero-order valence-corrected chi connectivity index (χ0v) is 9.05. The Morgan fingerprint density at radius 1 is 1.44 bits per heavy atom. The van der Waals surface area contributed by atoms with Crippen molar-refractivity contribution < 1.29 is 14.2 Å². The molecule has 2 heterocycles. The fourth-order valence-corrected chi connectivity index (χ4v) is 1.75. The molecule has 7 nitrogen and oxygen atoms in total. The van der Waals surface area contributed by atoms with Gasteiger partial charge in [0.05, 0.1) is 0 Å². The second kappa shape index (κ2) is 4.48. The molecule has 1 aliphatic rings. The molecule has 0 saturated carbocycles. The predicted octanol–water partition coefficient (Wildman–Crippen LogP) is -0.0972. The molecule has 88 valence electrons. The van der Waals surface area contributed by atoms with E-state index in [1.54, 1.807) is 11.9 Å². The molecule has 1 fully saturated rings. The molecule has 0 aromatic carbocycles. The first kappa shape index (κ1) is 10.9. The minimum absolute atomic E-state index is 0.0314. The van der Waals surface area contributed by atoms with E-state index in [1.165, 1.54) is 0 Å². The second-order valence-corrected chi connectivity index (χ2v) is 3.76. The van der Waals surface area contributed by atoms with E-state index in [1.807, 2.05) is 0 Å². The molecule has 2 rings (SSSR count). The van der Waals surface area contributed by atoms with Gasteiger partial charge in [-0.05, 0) is 23.2 Å². The second-order valence-electron chi connectivity index (χ2n) is 3.76. The molecule has 1 aromatic heterocycles. The number of aromatic nitrogens is 2. The Hall–Kier alpha value is -1.63. The van der Waals surface area contributed by atoms with Gasteiger partial charge in [0.2, 0.25) is 11.5 Å². The van der Waals surface area contributed by atoms with Crippen LogP contribution in [-0.2, 0) is 4.74 Å². The lowest BCUT2D eigenvalue weighted by Crippen LogP contribution is -2.41. The highest BCUT2D eigenvalue weighted by Gasteiger charge is 2.27. The fourth-order valence-electron chi connectivity index (χ4n) is 1.75. The molecule has 7 heteroatoms. The summed E-state index contributed by atoms with van der Waals surface area (Å²) in [5.41, 5.74) is 5.55. The third kappa shape index (κ3) is 1.99. The van der Waals surface area contributed by atoms with Gasteiger partial charge in [0.1, 0.15) is 0 Å². The molecule has 1 saturated heterocycles. The number of hydrogen-bond acceptors (Lipinski definition) is 6. The number of rotatable bonds is 2. The van der Waals surface area contributed by atoms with Crippen LogP contribution in [0.3, 0.4) is 0 Å². The van der Waals surface area contributed by atoms with Crippen molar-refractivity contribution in [2.24, 2.45) is 0 Å². The summed E-state index contributed by atoms with van der Waals surface area (Å²) in [6.45, 7) is 1.35. The van der Waals surface area contributed by atoms with Gasteiger partial charge in [0.25, 0.3) is 5.91 Å². The number of ether oxygens (including phenoxy) is 1. The molecule has 1 aliphatic heterocycles. The van der Waals surface area contributed by atoms with Gasteiger partial charge < -0.3 is 15.4 Å². The smallest absolute Gasteiger partial charge is 0.280 e. The van der Waals surface area contributed by atoms with Crippen LogP contribution >= 0.6 is 0 Å². The zero-order valence-electron chi connectivity index (χ0n) is 9.05. The summed E-state index contributed by atoms with van der Waals surface area (Å²) in [5, 5.41) is 6.88. The van der Waals surface area contributed by atoms with E-state index in [-0.39, 0.29) is 23.5 Å². The van der Waals surface area contributed by atoms with Crippen molar-refractivity contribution in [3.63, 3.8) is 0 Å². The van der Waals surface area contributed by atoms with Crippen LogP contribution in [0.5, 0.6) is 0 Å². The average molecular weight is 226 g/mol. The van der Waals surface area contributed by atoms with Crippen molar-refractivity contribution in [1.82, 2.24) is 15.2 Å². The molecule has 1 amide bonds. The largest absolute Gasteiger partial charge is 0.381 e. The molecule has 2 N–H and O–H groups in total. The van der Waals surface area contributed by atoms with E-state index in [0.717, 1.165) is 12.8 Å². The Balaban J connectivity index is 2.06. The molecule has 0 spiro atoms. The molecular weight excluding hydrogens is 212 g/mol. The van der Waals surface area contributed by atoms with Crippen LogP contribution in [0.25, 0.3) is 0 Å². The lowest BCUT2D eigenvalue weighted by Gasteiger charge is -2.30. The number of anilines is 1. The van der Waals surface area contributed by atoms with Gasteiger partial charge in [0, 0.05) is 26.3 Å². The standard InChI is InChI=1S/C9H14N4O3/c1-13(6-2-4-15-5-3-6)9(14)7-8(10)12-16-11-7/h6H,2-5H2,1H3,(H2,10,12). The summed E-state index contributed by atoms with van der Waals surface area (Å²) < 4.78 is 9.64. The molecule has 16 heavy (non-hydrogen) atoms. The summed E-state index contributed by atoms with van der Waals surface area (Å²) in [4.78, 5) is 13.6. The molecule has 0 atom stereocenters. The Morgan fingerprint density at radius 2 is 2.12 bits per heavy atom. The first-order valence-electron chi connectivity index (χ1n) is 5.13. The number of amides is 1. The van der Waals surface area contributed by atoms with E-state index < -0.39 is 0 Å². The van der Waals surface area contributed by atoms with Gasteiger partial charge >= 0.3 is 0 Å². The number of nitrogens with zero attached hydrogens (tertiary/aromatic N) is 3. The third-order valence-electron chi connectivity index (χ3n) is 2.78. The van der Waals surface area contributed by atoms with Crippen molar-refractivity contribution in [3.05, 3.63) is 5.69 Å². The molecule has 1 aromatic rings. The van der Waals surface area contributed by atoms with Crippen molar-refractivity contribution in [2.45, 2.75) is 18.9 Å². The maximum Gasteiger partial charge on any atom is 0.280 e. The first-order valence-corrected chi connectivity index (χ1v) is 5.13. The van der Waals surface area contributed by atoms with Crippen LogP contribution in [-0.4, -0.2) is 47.4 Å². The summed E-state index contributed by atoms with van der Waals surface area (Å²) >= 11 is 0. The summed E-state index contributed by atoms with van der Waals surface area (Å²) in [6, 6.07) is 0.164. The van der Waals surface area contributed by atoms with Gasteiger partial charge in [-0.15, -0.1) is 0 Å². The molecule has 0 bridgehead atoms. The van der Waals surface area contributed by atoms with Crippen LogP contribution in [0.1, 0.15) is 23.3 Å². The normalized spacial score (nSPS) is 17.3. The van der Waals surface area contributed by atoms with Gasteiger partial charge in [-0.3, -0.25) is 4.79 Å². The molecule has 0 aliphatic carbocycles. The maximum atomic E-state index is 12.0. The number of hydrogen-bond donors (Lipinski definition) is 1. The number of nitrogens with two attached hydrogens (primary N) is 1. The molecule has 0 radical (unpaired) electrons. The van der Waals surface area contributed by atoms with Crippen LogP contribution in [0.2, 0.25) is 0 Å². The minimum atomic E-state index is -0.259. The summed E-state index contributed by atoms with van der Waals surface area (Å²) in [6.07, 6.45) is 1.65. The summed E-state index contributed by atoms with van der Waals surface area (Å²) in [5.74, 6) is -0.227. The number of nitrogen functional groups attached to an aromatic ring is 1. The Labute approximate surface area is 92.5 Å². The quantitative estimate of drug-likeness (QED) is 0.756. The van der Waals surface area contributed by atoms with E-state index in [0.29, 0.717) is 13.2 Å². The Morgan fingerprint density at radius 3 is 2.69 bits per heavy atom. The average Bonchev–Trinajstić information content (AvgIpc) is 2.75. The van der Waals surface area contributed by atoms with Crippen LogP contribution in [0, 0.1) is 0 Å². The van der Waals surface area contributed by atoms with Crippen LogP contribution in [0.4, 0.5) is 5.82 Å². The van der Waals surface area contributed by atoms with Gasteiger partial charge in [-0.1, -0.05) is 0 Å². The highest BCUT2D eigenvalue weighted by atomic mass is 16.6. The Bertz CT molecular complexity index is 373. The molecule has 0 unspecified atom stereocenters. The SMILES string of the molecule is CN(C(=O)c1nonc1N)C1CCOCC1. The number of carbonyl (C=O) groups is 1.